The lowest BCUT2D eigenvalue weighted by molar-refractivity contribution is -0.111. The monoisotopic (exact) mass is 458 g/mol. The highest BCUT2D eigenvalue weighted by Gasteiger charge is 2.10. The van der Waals surface area contributed by atoms with Crippen molar-refractivity contribution in [2.24, 2.45) is 0 Å². The van der Waals surface area contributed by atoms with Crippen LogP contribution in [0, 0.1) is 6.92 Å². The van der Waals surface area contributed by atoms with Crippen molar-refractivity contribution in [3.63, 3.8) is 0 Å². The minimum atomic E-state index is -0.316. The first-order valence-corrected chi connectivity index (χ1v) is 10.5. The second-order valence-electron chi connectivity index (χ2n) is 6.46. The molecular formula is C22H16Cl2N2O3S. The molecule has 5 nitrogen and oxygen atoms in total. The highest BCUT2D eigenvalue weighted by atomic mass is 35.5. The van der Waals surface area contributed by atoms with E-state index in [1.165, 1.54) is 17.4 Å². The van der Waals surface area contributed by atoms with Gasteiger partial charge < -0.3 is 9.15 Å². The zero-order chi connectivity index (χ0) is 21.3. The number of methoxy groups -OCH3 is 1. The van der Waals surface area contributed by atoms with E-state index in [0.29, 0.717) is 38.0 Å². The van der Waals surface area contributed by atoms with E-state index in [0.717, 1.165) is 15.8 Å². The standard InChI is InChI=1S/C22H16Cl2N2O3S/c1-12-3-4-13(9-15(12)23)18-7-5-14(29-18)6-8-21(27)26-22-25-17-10-16(24)19(28-2)11-20(17)30-22/h3-11H,1-2H3,(H,25,26,27)/b8-6+. The maximum atomic E-state index is 12.3. The van der Waals surface area contributed by atoms with Gasteiger partial charge in [0.2, 0.25) is 5.91 Å². The number of aryl methyl sites for hydroxylation is 1. The van der Waals surface area contributed by atoms with Crippen LogP contribution < -0.4 is 10.1 Å². The first-order chi connectivity index (χ1) is 14.4. The predicted molar refractivity (Wildman–Crippen MR) is 123 cm³/mol. The lowest BCUT2D eigenvalue weighted by atomic mass is 10.1. The van der Waals surface area contributed by atoms with E-state index in [9.17, 15) is 4.79 Å². The lowest BCUT2D eigenvalue weighted by Crippen LogP contribution is -2.07. The fraction of sp³-hybridized carbons (Fsp3) is 0.0909. The molecule has 1 N–H and O–H groups in total. The second-order valence-corrected chi connectivity index (χ2v) is 8.31. The number of rotatable bonds is 5. The SMILES string of the molecule is COc1cc2sc(NC(=O)/C=C/c3ccc(-c4ccc(C)c(Cl)c4)o3)nc2cc1Cl. The summed E-state index contributed by atoms with van der Waals surface area (Å²) in [6, 6.07) is 12.9. The number of benzene rings is 2. The molecule has 4 rings (SSSR count). The van der Waals surface area contributed by atoms with Gasteiger partial charge >= 0.3 is 0 Å². The number of aromatic nitrogens is 1. The quantitative estimate of drug-likeness (QED) is 0.332. The van der Waals surface area contributed by atoms with Crippen LogP contribution in [0.15, 0.2) is 53.0 Å². The van der Waals surface area contributed by atoms with Crippen LogP contribution in [-0.4, -0.2) is 18.0 Å². The zero-order valence-corrected chi connectivity index (χ0v) is 18.4. The maximum absolute atomic E-state index is 12.3. The molecule has 0 unspecified atom stereocenters. The first kappa shape index (κ1) is 20.5. The molecule has 2 aromatic heterocycles. The number of anilines is 1. The van der Waals surface area contributed by atoms with Gasteiger partial charge in [0.15, 0.2) is 5.13 Å². The number of thiazole rings is 1. The number of hydrogen-bond donors (Lipinski definition) is 1. The Balaban J connectivity index is 1.46. The summed E-state index contributed by atoms with van der Waals surface area (Å²) < 4.78 is 11.9. The van der Waals surface area contributed by atoms with Crippen molar-refractivity contribution < 1.29 is 13.9 Å². The maximum Gasteiger partial charge on any atom is 0.250 e. The molecule has 1 amide bonds. The fourth-order valence-corrected chi connectivity index (χ4v) is 4.08. The Kier molecular flexibility index (Phi) is 5.81. The van der Waals surface area contributed by atoms with E-state index in [1.807, 2.05) is 31.2 Å². The molecule has 2 aromatic carbocycles. The van der Waals surface area contributed by atoms with Gasteiger partial charge in [-0.1, -0.05) is 46.7 Å². The number of carbonyl (C=O) groups excluding carboxylic acids is 1. The van der Waals surface area contributed by atoms with Gasteiger partial charge in [-0.2, -0.15) is 0 Å². The summed E-state index contributed by atoms with van der Waals surface area (Å²) in [4.78, 5) is 16.7. The van der Waals surface area contributed by atoms with Gasteiger partial charge in [0, 0.05) is 22.7 Å². The third-order valence-electron chi connectivity index (χ3n) is 4.37. The molecule has 0 aliphatic rings. The number of fused-ring (bicyclic) bond motifs is 1. The molecule has 0 spiro atoms. The third-order valence-corrected chi connectivity index (χ3v) is 6.01. The van der Waals surface area contributed by atoms with Crippen molar-refractivity contribution in [1.82, 2.24) is 4.98 Å². The second kappa shape index (κ2) is 8.52. The van der Waals surface area contributed by atoms with Gasteiger partial charge in [-0.25, -0.2) is 4.98 Å². The van der Waals surface area contributed by atoms with Gasteiger partial charge in [-0.05, 0) is 42.8 Å². The normalized spacial score (nSPS) is 11.3. The Morgan fingerprint density at radius 1 is 1.17 bits per heavy atom. The number of halogens is 2. The van der Waals surface area contributed by atoms with Crippen LogP contribution in [0.1, 0.15) is 11.3 Å². The Bertz CT molecular complexity index is 1280. The average molecular weight is 459 g/mol. The van der Waals surface area contributed by atoms with Crippen LogP contribution in [0.25, 0.3) is 27.6 Å². The number of furan rings is 1. The third kappa shape index (κ3) is 4.36. The lowest BCUT2D eigenvalue weighted by Gasteiger charge is -2.00. The topological polar surface area (TPSA) is 64.4 Å². The molecular weight excluding hydrogens is 443 g/mol. The molecule has 0 saturated carbocycles. The summed E-state index contributed by atoms with van der Waals surface area (Å²) in [5.74, 6) is 1.48. The molecule has 4 aromatic rings. The highest BCUT2D eigenvalue weighted by Crippen LogP contribution is 2.34. The Hall–Kier alpha value is -2.80. The Labute approximate surface area is 186 Å². The Morgan fingerprint density at radius 3 is 2.77 bits per heavy atom. The average Bonchev–Trinajstić information content (AvgIpc) is 3.34. The van der Waals surface area contributed by atoms with Gasteiger partial charge in [0.25, 0.3) is 0 Å². The summed E-state index contributed by atoms with van der Waals surface area (Å²) in [6.45, 7) is 1.94. The number of hydrogen-bond acceptors (Lipinski definition) is 5. The number of nitrogens with one attached hydrogen (secondary N) is 1. The molecule has 152 valence electrons. The van der Waals surface area contributed by atoms with E-state index >= 15 is 0 Å². The van der Waals surface area contributed by atoms with E-state index in [-0.39, 0.29) is 5.91 Å². The van der Waals surface area contributed by atoms with Crippen LogP contribution >= 0.6 is 34.5 Å². The van der Waals surface area contributed by atoms with Gasteiger partial charge in [-0.15, -0.1) is 0 Å². The molecule has 0 atom stereocenters. The van der Waals surface area contributed by atoms with E-state index in [1.54, 1.807) is 31.4 Å². The molecule has 0 bridgehead atoms. The van der Waals surface area contributed by atoms with E-state index in [2.05, 4.69) is 10.3 Å². The van der Waals surface area contributed by atoms with Crippen molar-refractivity contribution in [2.45, 2.75) is 6.92 Å². The minimum absolute atomic E-state index is 0.316. The molecule has 0 aliphatic carbocycles. The van der Waals surface area contributed by atoms with E-state index < -0.39 is 0 Å². The van der Waals surface area contributed by atoms with E-state index in [4.69, 9.17) is 32.4 Å². The Morgan fingerprint density at radius 2 is 2.00 bits per heavy atom. The summed E-state index contributed by atoms with van der Waals surface area (Å²) in [7, 11) is 1.55. The van der Waals surface area contributed by atoms with Crippen LogP contribution in [0.4, 0.5) is 5.13 Å². The smallest absolute Gasteiger partial charge is 0.250 e. The first-order valence-electron chi connectivity index (χ1n) is 8.92. The summed E-state index contributed by atoms with van der Waals surface area (Å²) >= 11 is 13.6. The largest absolute Gasteiger partial charge is 0.495 e. The molecule has 0 radical (unpaired) electrons. The van der Waals surface area contributed by atoms with Crippen molar-refractivity contribution >= 4 is 61.9 Å². The van der Waals surface area contributed by atoms with Crippen molar-refractivity contribution in [1.29, 1.82) is 0 Å². The number of amides is 1. The van der Waals surface area contributed by atoms with Crippen LogP contribution in [0.3, 0.4) is 0 Å². The number of ether oxygens (including phenoxy) is 1. The van der Waals surface area contributed by atoms with Crippen molar-refractivity contribution in [3.05, 3.63) is 69.9 Å². The highest BCUT2D eigenvalue weighted by molar-refractivity contribution is 7.22. The summed E-state index contributed by atoms with van der Waals surface area (Å²) in [5, 5.41) is 4.37. The molecule has 30 heavy (non-hydrogen) atoms. The van der Waals surface area contributed by atoms with Crippen LogP contribution in [0.2, 0.25) is 10.0 Å². The molecule has 2 heterocycles. The summed E-state index contributed by atoms with van der Waals surface area (Å²) in [6.07, 6.45) is 2.99. The van der Waals surface area contributed by atoms with Crippen LogP contribution in [0.5, 0.6) is 5.75 Å². The van der Waals surface area contributed by atoms with Crippen LogP contribution in [-0.2, 0) is 4.79 Å². The van der Waals surface area contributed by atoms with Crippen molar-refractivity contribution in [2.75, 3.05) is 12.4 Å². The van der Waals surface area contributed by atoms with Gasteiger partial charge in [-0.3, -0.25) is 10.1 Å². The summed E-state index contributed by atoms with van der Waals surface area (Å²) in [5.41, 5.74) is 2.56. The van der Waals surface area contributed by atoms with Gasteiger partial charge in [0.1, 0.15) is 17.3 Å². The molecule has 8 heteroatoms. The number of nitrogens with zero attached hydrogens (tertiary/aromatic N) is 1. The molecule has 0 fully saturated rings. The fourth-order valence-electron chi connectivity index (χ4n) is 2.79. The molecule has 0 saturated heterocycles. The number of carbonyl (C=O) groups is 1. The molecule has 0 aliphatic heterocycles. The zero-order valence-electron chi connectivity index (χ0n) is 16.0. The minimum Gasteiger partial charge on any atom is -0.495 e. The van der Waals surface area contributed by atoms with Gasteiger partial charge in [0.05, 0.1) is 22.3 Å². The van der Waals surface area contributed by atoms with Crippen molar-refractivity contribution in [3.8, 4) is 17.1 Å². The predicted octanol–water partition coefficient (Wildman–Crippen LogP) is 6.83.